The first-order valence-corrected chi connectivity index (χ1v) is 15.7. The Kier molecular flexibility index (Phi) is 8.30. The van der Waals surface area contributed by atoms with Gasteiger partial charge in [-0.1, -0.05) is 30.3 Å². The highest BCUT2D eigenvalue weighted by Gasteiger charge is 2.39. The molecule has 1 aliphatic carbocycles. The smallest absolute Gasteiger partial charge is 0.330 e. The van der Waals surface area contributed by atoms with Gasteiger partial charge in [-0.3, -0.25) is 0 Å². The SMILES string of the molecule is CS(=O)(=O)c1c(C(F)(F)F)ccc(-c2ccc(C3CCN(C4CCC(CCN)CC4)CC3)cc2)c1-c1nn[nH]n1. The highest BCUT2D eigenvalue weighted by molar-refractivity contribution is 7.91. The zero-order valence-corrected chi connectivity index (χ0v) is 23.3. The van der Waals surface area contributed by atoms with Crippen LogP contribution >= 0.6 is 0 Å². The highest BCUT2D eigenvalue weighted by atomic mass is 32.2. The van der Waals surface area contributed by atoms with Crippen molar-refractivity contribution in [3.63, 3.8) is 0 Å². The van der Waals surface area contributed by atoms with Crippen LogP contribution < -0.4 is 5.73 Å². The van der Waals surface area contributed by atoms with Crippen LogP contribution in [0.4, 0.5) is 13.2 Å². The minimum atomic E-state index is -4.88. The van der Waals surface area contributed by atoms with E-state index in [1.54, 1.807) is 0 Å². The molecule has 1 saturated carbocycles. The quantitative estimate of drug-likeness (QED) is 0.405. The molecular formula is C28H35F3N6O2S. The minimum Gasteiger partial charge on any atom is -0.330 e. The van der Waals surface area contributed by atoms with Crippen LogP contribution in [0.3, 0.4) is 0 Å². The number of piperidine rings is 1. The van der Waals surface area contributed by atoms with E-state index in [0.29, 0.717) is 23.1 Å². The van der Waals surface area contributed by atoms with Gasteiger partial charge in [0.05, 0.1) is 16.0 Å². The van der Waals surface area contributed by atoms with Gasteiger partial charge in [-0.15, -0.1) is 10.2 Å². The summed E-state index contributed by atoms with van der Waals surface area (Å²) >= 11 is 0. The molecule has 1 aliphatic heterocycles. The van der Waals surface area contributed by atoms with E-state index in [2.05, 4.69) is 25.5 Å². The molecule has 0 amide bonds. The molecule has 1 aromatic heterocycles. The van der Waals surface area contributed by atoms with Crippen molar-refractivity contribution in [2.45, 2.75) is 68.0 Å². The minimum absolute atomic E-state index is 0.213. The van der Waals surface area contributed by atoms with E-state index in [0.717, 1.165) is 57.1 Å². The maximum absolute atomic E-state index is 13.9. The normalized spacial score (nSPS) is 21.5. The van der Waals surface area contributed by atoms with Crippen LogP contribution in [-0.4, -0.2) is 65.9 Å². The van der Waals surface area contributed by atoms with E-state index < -0.39 is 26.5 Å². The molecule has 3 N–H and O–H groups in total. The van der Waals surface area contributed by atoms with Crippen LogP contribution in [0.1, 0.15) is 62.0 Å². The Morgan fingerprint density at radius 2 is 1.68 bits per heavy atom. The Morgan fingerprint density at radius 3 is 2.23 bits per heavy atom. The van der Waals surface area contributed by atoms with Gasteiger partial charge in [-0.05, 0) is 104 Å². The number of tetrazole rings is 1. The Labute approximate surface area is 232 Å². The number of H-pyrrole nitrogens is 1. The van der Waals surface area contributed by atoms with Crippen LogP contribution in [0.2, 0.25) is 0 Å². The molecule has 8 nitrogen and oxygen atoms in total. The van der Waals surface area contributed by atoms with E-state index in [4.69, 9.17) is 5.73 Å². The fourth-order valence-corrected chi connectivity index (χ4v) is 7.64. The lowest BCUT2D eigenvalue weighted by molar-refractivity contribution is -0.139. The van der Waals surface area contributed by atoms with Crippen LogP contribution in [0.15, 0.2) is 41.3 Å². The lowest BCUT2D eigenvalue weighted by Crippen LogP contribution is -2.42. The van der Waals surface area contributed by atoms with Crippen molar-refractivity contribution in [2.24, 2.45) is 11.7 Å². The lowest BCUT2D eigenvalue weighted by Gasteiger charge is -2.41. The van der Waals surface area contributed by atoms with Crippen LogP contribution in [-0.2, 0) is 16.0 Å². The lowest BCUT2D eigenvalue weighted by atomic mass is 9.82. The number of alkyl halides is 3. The summed E-state index contributed by atoms with van der Waals surface area (Å²) < 4.78 is 66.9. The standard InChI is InChI=1S/C28H35F3N6O2S/c1-40(38,39)26-24(28(29,30)31)11-10-23(25(26)27-33-35-36-34-27)21-6-4-19(5-7-21)20-13-16-37(17-14-20)22-8-2-18(3-9-22)12-15-32/h4-7,10-11,18,20,22H,2-3,8-9,12-17,32H2,1H3,(H,33,34,35,36). The van der Waals surface area contributed by atoms with E-state index >= 15 is 0 Å². The molecule has 3 aromatic rings. The van der Waals surface area contributed by atoms with Gasteiger partial charge in [0.2, 0.25) is 5.82 Å². The Balaban J connectivity index is 1.37. The van der Waals surface area contributed by atoms with E-state index in [1.165, 1.54) is 37.3 Å². The molecule has 216 valence electrons. The molecule has 2 aliphatic rings. The van der Waals surface area contributed by atoms with Crippen molar-refractivity contribution in [1.29, 1.82) is 0 Å². The molecule has 2 fully saturated rings. The molecule has 1 saturated heterocycles. The number of rotatable bonds is 7. The zero-order valence-electron chi connectivity index (χ0n) is 22.5. The number of nitrogens with one attached hydrogen (secondary N) is 1. The summed E-state index contributed by atoms with van der Waals surface area (Å²) in [6.07, 6.45) is 4.13. The second-order valence-electron chi connectivity index (χ2n) is 11.1. The van der Waals surface area contributed by atoms with Gasteiger partial charge in [0.1, 0.15) is 0 Å². The third kappa shape index (κ3) is 6.08. The van der Waals surface area contributed by atoms with Gasteiger partial charge < -0.3 is 10.6 Å². The summed E-state index contributed by atoms with van der Waals surface area (Å²) in [6, 6.07) is 10.4. The maximum atomic E-state index is 13.9. The second-order valence-corrected chi connectivity index (χ2v) is 13.0. The first-order valence-electron chi connectivity index (χ1n) is 13.8. The summed E-state index contributed by atoms with van der Waals surface area (Å²) in [5, 5.41) is 13.3. The number of benzene rings is 2. The fraction of sp³-hybridized carbons (Fsp3) is 0.536. The molecular weight excluding hydrogens is 541 g/mol. The monoisotopic (exact) mass is 576 g/mol. The van der Waals surface area contributed by atoms with Gasteiger partial charge in [0.25, 0.3) is 0 Å². The van der Waals surface area contributed by atoms with Crippen molar-refractivity contribution in [2.75, 3.05) is 25.9 Å². The van der Waals surface area contributed by atoms with Gasteiger partial charge in [-0.25, -0.2) is 8.42 Å². The summed E-state index contributed by atoms with van der Waals surface area (Å²) in [7, 11) is -4.30. The number of aromatic amines is 1. The number of nitrogens with zero attached hydrogens (tertiary/aromatic N) is 4. The van der Waals surface area contributed by atoms with E-state index in [9.17, 15) is 21.6 Å². The summed E-state index contributed by atoms with van der Waals surface area (Å²) in [6.45, 7) is 2.88. The Morgan fingerprint density at radius 1 is 1.00 bits per heavy atom. The topological polar surface area (TPSA) is 118 Å². The molecule has 5 rings (SSSR count). The Bertz CT molecular complexity index is 1400. The van der Waals surface area contributed by atoms with Crippen LogP contribution in [0.25, 0.3) is 22.5 Å². The molecule has 0 bridgehead atoms. The van der Waals surface area contributed by atoms with Crippen molar-refractivity contribution in [1.82, 2.24) is 25.5 Å². The molecule has 0 unspecified atom stereocenters. The molecule has 0 radical (unpaired) electrons. The van der Waals surface area contributed by atoms with Gasteiger partial charge in [0.15, 0.2) is 9.84 Å². The molecule has 12 heteroatoms. The number of halogens is 3. The van der Waals surface area contributed by atoms with Crippen molar-refractivity contribution in [3.05, 3.63) is 47.5 Å². The van der Waals surface area contributed by atoms with Gasteiger partial charge >= 0.3 is 6.18 Å². The molecule has 2 aromatic carbocycles. The largest absolute Gasteiger partial charge is 0.417 e. The predicted octanol–water partition coefficient (Wildman–Crippen LogP) is 5.04. The molecule has 40 heavy (non-hydrogen) atoms. The summed E-state index contributed by atoms with van der Waals surface area (Å²) in [5.74, 6) is 0.959. The first kappa shape index (κ1) is 28.7. The number of hydrogen-bond acceptors (Lipinski definition) is 7. The first-order chi connectivity index (χ1) is 19.1. The second kappa shape index (κ2) is 11.6. The fourth-order valence-electron chi connectivity index (χ4n) is 6.49. The number of likely N-dealkylation sites (tertiary alicyclic amines) is 1. The molecule has 0 spiro atoms. The zero-order chi connectivity index (χ0) is 28.5. The molecule has 2 heterocycles. The van der Waals surface area contributed by atoms with Crippen molar-refractivity contribution in [3.8, 4) is 22.5 Å². The van der Waals surface area contributed by atoms with Crippen molar-refractivity contribution >= 4 is 9.84 Å². The molecule has 0 atom stereocenters. The average Bonchev–Trinajstić information content (AvgIpc) is 3.47. The van der Waals surface area contributed by atoms with E-state index in [-0.39, 0.29) is 11.4 Å². The number of hydrogen-bond donors (Lipinski definition) is 2. The van der Waals surface area contributed by atoms with Crippen molar-refractivity contribution < 1.29 is 21.6 Å². The number of sulfone groups is 1. The highest BCUT2D eigenvalue weighted by Crippen LogP contribution is 2.43. The average molecular weight is 577 g/mol. The maximum Gasteiger partial charge on any atom is 0.417 e. The van der Waals surface area contributed by atoms with Gasteiger partial charge in [-0.2, -0.15) is 18.4 Å². The third-order valence-corrected chi connectivity index (χ3v) is 9.70. The van der Waals surface area contributed by atoms with E-state index in [1.807, 2.05) is 24.3 Å². The summed E-state index contributed by atoms with van der Waals surface area (Å²) in [4.78, 5) is 1.78. The number of aromatic nitrogens is 4. The van der Waals surface area contributed by atoms with Crippen LogP contribution in [0, 0.1) is 5.92 Å². The van der Waals surface area contributed by atoms with Crippen LogP contribution in [0.5, 0.6) is 0 Å². The number of nitrogens with two attached hydrogens (primary N) is 1. The van der Waals surface area contributed by atoms with Gasteiger partial charge in [0, 0.05) is 12.3 Å². The summed E-state index contributed by atoms with van der Waals surface area (Å²) in [5.41, 5.74) is 6.31. The Hall–Kier alpha value is -2.83. The third-order valence-electron chi connectivity index (χ3n) is 8.53. The predicted molar refractivity (Wildman–Crippen MR) is 146 cm³/mol.